The summed E-state index contributed by atoms with van der Waals surface area (Å²) in [4.78, 5) is 74.7. The number of phenolic OH excluding ortho intramolecular Hbond substituents is 3. The monoisotopic (exact) mass is 1080 g/mol. The van der Waals surface area contributed by atoms with Crippen LogP contribution in [0.5, 0.6) is 23.0 Å². The third-order valence-corrected chi connectivity index (χ3v) is 13.8. The summed E-state index contributed by atoms with van der Waals surface area (Å²) in [5, 5.41) is 66.8. The predicted molar refractivity (Wildman–Crippen MR) is 287 cm³/mol. The van der Waals surface area contributed by atoms with Crippen LogP contribution in [0.1, 0.15) is 90.8 Å². The van der Waals surface area contributed by atoms with Gasteiger partial charge in [0.05, 0.1) is 59.2 Å². The van der Waals surface area contributed by atoms with Crippen molar-refractivity contribution in [1.29, 1.82) is 0 Å². The van der Waals surface area contributed by atoms with Crippen LogP contribution in [0.15, 0.2) is 84.4 Å². The van der Waals surface area contributed by atoms with E-state index in [4.69, 9.17) is 30.5 Å². The van der Waals surface area contributed by atoms with Crippen molar-refractivity contribution in [3.63, 3.8) is 0 Å². The lowest BCUT2D eigenvalue weighted by Crippen LogP contribution is -2.46. The molecule has 9 atom stereocenters. The number of pyridine rings is 1. The maximum absolute atomic E-state index is 14.4. The van der Waals surface area contributed by atoms with Gasteiger partial charge in [0.2, 0.25) is 0 Å². The summed E-state index contributed by atoms with van der Waals surface area (Å²) < 4.78 is 23.6. The number of allylic oxidation sites excluding steroid dienone is 2. The number of nitrogen functional groups attached to an aromatic ring is 1. The highest BCUT2D eigenvalue weighted by atomic mass is 16.7. The number of benzene rings is 2. The first kappa shape index (κ1) is 60.8. The standard InChI is InChI=1S/C43H58N4O12.C6H7N3O.C5H5N3O/c1-21-12-11-13-22(2)42(55)45-33-28(20-44-47-17-15-46(9)16-18-47)37(52)30-31(38(33)53)36(51)26(6)40-32(30)41(54)43(8,59-40)57-19-14-29(56-10)23(3)39(58-27(7)48)25(5)35(50)24(4)34(21)49;7-9-6(10)5-1-3-8-4-2-5;6-5(9)4-3-7-1-2-8-4/h11-14,19-21,23-25,29,34-35,39,49-53H,15-18H2,1-10H3,(H,45,55);1-4H,7H2,(H,9,10);1-3H,(H2,6,9)/b12-11+,19-14+,22-13-,44-20+;;/t21-,23+,24+,25+,29-,34-,35+,39+,43-;;/m0../s1. The Morgan fingerprint density at radius 3 is 2.15 bits per heavy atom. The Morgan fingerprint density at radius 1 is 0.910 bits per heavy atom. The molecule has 420 valence electrons. The molecule has 0 unspecified atom stereocenters. The molecule has 2 aromatic heterocycles. The van der Waals surface area contributed by atoms with E-state index in [-0.39, 0.29) is 56.1 Å². The molecule has 0 saturated carbocycles. The van der Waals surface area contributed by atoms with Gasteiger partial charge in [-0.2, -0.15) is 5.10 Å². The van der Waals surface area contributed by atoms with Gasteiger partial charge in [0.25, 0.3) is 23.5 Å². The molecule has 1 fully saturated rings. The van der Waals surface area contributed by atoms with Crippen molar-refractivity contribution in [3.05, 3.63) is 107 Å². The van der Waals surface area contributed by atoms with E-state index in [1.54, 1.807) is 57.0 Å². The molecule has 4 aliphatic heterocycles. The number of carbonyl (C=O) groups excluding carboxylic acids is 5. The highest BCUT2D eigenvalue weighted by Gasteiger charge is 2.50. The van der Waals surface area contributed by atoms with Crippen LogP contribution in [0.25, 0.3) is 10.8 Å². The van der Waals surface area contributed by atoms with Crippen molar-refractivity contribution < 1.29 is 68.5 Å². The molecular weight excluding hydrogens is 1010 g/mol. The van der Waals surface area contributed by atoms with Crippen molar-refractivity contribution in [2.75, 3.05) is 45.7 Å². The number of nitrogens with one attached hydrogen (secondary N) is 2. The molecule has 0 aliphatic carbocycles. The summed E-state index contributed by atoms with van der Waals surface area (Å²) in [6, 6.07) is 3.17. The number of ketones is 1. The highest BCUT2D eigenvalue weighted by Crippen LogP contribution is 2.55. The molecule has 3 amide bonds. The zero-order valence-corrected chi connectivity index (χ0v) is 45.2. The first-order valence-corrected chi connectivity index (χ1v) is 24.9. The van der Waals surface area contributed by atoms with Crippen LogP contribution in [0.4, 0.5) is 5.69 Å². The van der Waals surface area contributed by atoms with Gasteiger partial charge in [0.1, 0.15) is 29.0 Å². The van der Waals surface area contributed by atoms with E-state index in [2.05, 4.69) is 30.3 Å². The topological polar surface area (TPSA) is 357 Å². The molecule has 24 heteroatoms. The summed E-state index contributed by atoms with van der Waals surface area (Å²) in [5.74, 6) is -4.31. The molecule has 11 N–H and O–H groups in total. The van der Waals surface area contributed by atoms with Crippen LogP contribution in [0, 0.1) is 30.6 Å². The number of fused-ring (bicyclic) bond motifs is 14. The number of phenols is 3. The Hall–Kier alpha value is -8.03. The van der Waals surface area contributed by atoms with Crippen LogP contribution < -0.4 is 27.1 Å². The van der Waals surface area contributed by atoms with Gasteiger partial charge in [-0.15, -0.1) is 0 Å². The van der Waals surface area contributed by atoms with Crippen molar-refractivity contribution in [1.82, 2.24) is 30.3 Å². The number of likely N-dealkylation sites (N-methyl/N-ethyl adjacent to an activating group) is 1. The number of nitrogens with zero attached hydrogens (tertiary/aromatic N) is 6. The molecular formula is C54H70N10O14. The third kappa shape index (κ3) is 14.1. The normalized spacial score (nSPS) is 26.4. The summed E-state index contributed by atoms with van der Waals surface area (Å²) in [7, 11) is 3.42. The van der Waals surface area contributed by atoms with Crippen LogP contribution in [0.3, 0.4) is 0 Å². The first-order valence-electron chi connectivity index (χ1n) is 24.9. The quantitative estimate of drug-likeness (QED) is 0.0253. The number of hydrogen-bond acceptors (Lipinski definition) is 21. The largest absolute Gasteiger partial charge is 0.507 e. The maximum Gasteiger partial charge on any atom is 0.312 e. The lowest BCUT2D eigenvalue weighted by Gasteiger charge is -2.38. The van der Waals surface area contributed by atoms with E-state index in [1.165, 1.54) is 90.4 Å². The average Bonchev–Trinajstić information content (AvgIpc) is 3.83. The van der Waals surface area contributed by atoms with Crippen molar-refractivity contribution in [3.8, 4) is 23.0 Å². The van der Waals surface area contributed by atoms with Crippen molar-refractivity contribution in [2.45, 2.75) is 85.6 Å². The summed E-state index contributed by atoms with van der Waals surface area (Å²) in [6.45, 7) is 15.1. The average molecular weight is 1080 g/mol. The van der Waals surface area contributed by atoms with Crippen LogP contribution in [-0.2, 0) is 23.8 Å². The number of hydrogen-bond donors (Lipinski definition) is 9. The highest BCUT2D eigenvalue weighted by molar-refractivity contribution is 6.24. The predicted octanol–water partition coefficient (Wildman–Crippen LogP) is 3.60. The Morgan fingerprint density at radius 2 is 1.58 bits per heavy atom. The zero-order chi connectivity index (χ0) is 57.8. The van der Waals surface area contributed by atoms with E-state index in [0.717, 1.165) is 13.1 Å². The SMILES string of the molecule is CO[C@H]1/C=C/O[C@@]2(C)Oc3c(C)c(O)c4c(O)c(c(/C=N/N5CCN(C)CC5)c(O)c4c3C2=O)NC(=O)/C(C)=C\C=C\[C@H](C)[C@H](O)[C@@H](C)[C@@H](O)[C@@H](C)[C@H](OC(C)=O)[C@@H]1C.NC(=O)c1cnccn1.NNC(=O)c1ccncc1. The van der Waals surface area contributed by atoms with Crippen LogP contribution in [0.2, 0.25) is 0 Å². The molecule has 24 nitrogen and oxygen atoms in total. The number of rotatable bonds is 6. The summed E-state index contributed by atoms with van der Waals surface area (Å²) in [6.07, 6.45) is 12.1. The number of nitrogens with two attached hydrogens (primary N) is 2. The van der Waals surface area contributed by atoms with E-state index in [0.29, 0.717) is 18.7 Å². The number of methoxy groups -OCH3 is 1. The molecule has 4 aromatic rings. The smallest absolute Gasteiger partial charge is 0.312 e. The van der Waals surface area contributed by atoms with Crippen molar-refractivity contribution in [2.24, 2.45) is 40.3 Å². The second kappa shape index (κ2) is 26.8. The van der Waals surface area contributed by atoms with Gasteiger partial charge in [0.15, 0.2) is 5.75 Å². The molecule has 0 spiro atoms. The number of aromatic hydroxyl groups is 3. The molecule has 78 heavy (non-hydrogen) atoms. The number of carbonyl (C=O) groups is 5. The second-order valence-corrected chi connectivity index (χ2v) is 19.3. The molecule has 8 rings (SSSR count). The fraction of sp³-hybridized carbons (Fsp3) is 0.426. The number of esters is 1. The number of ether oxygens (including phenoxy) is 4. The molecule has 1 saturated heterocycles. The number of Topliss-reactive ketones (excluding diaryl/α,β-unsaturated/α-hetero) is 1. The number of aromatic nitrogens is 3. The number of anilines is 1. The number of aliphatic hydroxyl groups excluding tert-OH is 2. The lowest BCUT2D eigenvalue weighted by molar-refractivity contribution is -0.160. The second-order valence-electron chi connectivity index (χ2n) is 19.3. The lowest BCUT2D eigenvalue weighted by atomic mass is 9.78. The Balaban J connectivity index is 0.000000491. The van der Waals surface area contributed by atoms with Crippen LogP contribution in [-0.4, -0.2) is 157 Å². The number of primary amides is 1. The number of hydrazine groups is 1. The number of amides is 3. The minimum atomic E-state index is -2.04. The number of aliphatic hydroxyl groups is 2. The van der Waals surface area contributed by atoms with Gasteiger partial charge in [-0.1, -0.05) is 45.9 Å². The molecule has 5 bridgehead atoms. The summed E-state index contributed by atoms with van der Waals surface area (Å²) >= 11 is 0. The van der Waals surface area contributed by atoms with E-state index in [1.807, 2.05) is 12.5 Å². The number of hydrazone groups is 1. The Bertz CT molecular complexity index is 2930. The Labute approximate surface area is 451 Å². The van der Waals surface area contributed by atoms with E-state index < -0.39 is 94.7 Å². The first-order chi connectivity index (χ1) is 36.9. The van der Waals surface area contributed by atoms with Gasteiger partial charge in [-0.25, -0.2) is 10.8 Å². The maximum atomic E-state index is 14.4. The minimum absolute atomic E-state index is 0.0559. The minimum Gasteiger partial charge on any atom is -0.507 e. The molecule has 0 radical (unpaired) electrons. The Kier molecular flexibility index (Phi) is 20.9. The van der Waals surface area contributed by atoms with Crippen molar-refractivity contribution >= 4 is 52.1 Å². The van der Waals surface area contributed by atoms with Gasteiger partial charge in [-0.05, 0) is 39.1 Å². The zero-order valence-electron chi connectivity index (χ0n) is 45.2. The van der Waals surface area contributed by atoms with Gasteiger partial charge >= 0.3 is 11.8 Å². The fourth-order valence-electron chi connectivity index (χ4n) is 8.94. The third-order valence-electron chi connectivity index (χ3n) is 13.8. The van der Waals surface area contributed by atoms with Gasteiger partial charge < -0.3 is 60.4 Å². The van der Waals surface area contributed by atoms with Crippen LogP contribution >= 0.6 is 0 Å². The molecule has 4 aliphatic rings. The molecule has 6 heterocycles. The number of piperazine rings is 1. The van der Waals surface area contributed by atoms with Gasteiger partial charge in [-0.3, -0.25) is 44.4 Å². The summed E-state index contributed by atoms with van der Waals surface area (Å²) in [5.41, 5.74) is 7.24. The molecule has 2 aromatic carbocycles. The van der Waals surface area contributed by atoms with E-state index >= 15 is 0 Å². The fourth-order valence-corrected chi connectivity index (χ4v) is 8.94. The van der Waals surface area contributed by atoms with Gasteiger partial charge in [0, 0.05) is 118 Å². The van der Waals surface area contributed by atoms with E-state index in [9.17, 15) is 49.5 Å².